The number of anilines is 1. The number of aromatic nitrogens is 4. The van der Waals surface area contributed by atoms with Crippen LogP contribution in [0.2, 0.25) is 0 Å². The average Bonchev–Trinajstić information content (AvgIpc) is 3.30. The van der Waals surface area contributed by atoms with Gasteiger partial charge in [0.2, 0.25) is 11.9 Å². The fraction of sp³-hybridized carbons (Fsp3) is 0.440. The van der Waals surface area contributed by atoms with Crippen molar-refractivity contribution in [2.24, 2.45) is 0 Å². The second-order valence-electron chi connectivity index (χ2n) is 8.88. The molecular weight excluding hydrogens is 457 g/mol. The summed E-state index contributed by atoms with van der Waals surface area (Å²) in [5.41, 5.74) is 3.20. The van der Waals surface area contributed by atoms with E-state index in [4.69, 9.17) is 0 Å². The van der Waals surface area contributed by atoms with Crippen LogP contribution < -0.4 is 5.32 Å². The maximum absolute atomic E-state index is 13.1. The van der Waals surface area contributed by atoms with Crippen molar-refractivity contribution in [2.45, 2.75) is 58.2 Å². The van der Waals surface area contributed by atoms with Crippen LogP contribution >= 0.6 is 0 Å². The van der Waals surface area contributed by atoms with Crippen molar-refractivity contribution < 1.29 is 18.0 Å². The lowest BCUT2D eigenvalue weighted by atomic mass is 9.94. The first-order valence-corrected chi connectivity index (χ1v) is 11.8. The highest BCUT2D eigenvalue weighted by atomic mass is 19.4. The quantitative estimate of drug-likeness (QED) is 0.434. The summed E-state index contributed by atoms with van der Waals surface area (Å²) >= 11 is 0. The van der Waals surface area contributed by atoms with Crippen molar-refractivity contribution in [1.29, 1.82) is 0 Å². The van der Waals surface area contributed by atoms with Crippen molar-refractivity contribution >= 4 is 11.9 Å². The molecule has 0 aliphatic carbocycles. The summed E-state index contributed by atoms with van der Waals surface area (Å²) < 4.78 is 38.9. The number of halogens is 3. The molecule has 10 heteroatoms. The highest BCUT2D eigenvalue weighted by molar-refractivity contribution is 5.77. The van der Waals surface area contributed by atoms with Crippen LogP contribution in [-0.2, 0) is 11.0 Å². The van der Waals surface area contributed by atoms with E-state index in [0.29, 0.717) is 37.4 Å². The smallest absolute Gasteiger partial charge is 0.354 e. The number of likely N-dealkylation sites (tertiary alicyclic amines) is 1. The van der Waals surface area contributed by atoms with Gasteiger partial charge in [0.25, 0.3) is 0 Å². The number of carbonyl (C=O) groups excluding carboxylic acids is 1. The third kappa shape index (κ3) is 5.98. The maximum Gasteiger partial charge on any atom is 0.416 e. The van der Waals surface area contributed by atoms with Gasteiger partial charge in [0.05, 0.1) is 23.5 Å². The topological polar surface area (TPSA) is 86.8 Å². The molecule has 0 bridgehead atoms. The lowest BCUT2D eigenvalue weighted by molar-refractivity contribution is -0.137. The summed E-state index contributed by atoms with van der Waals surface area (Å²) in [4.78, 5) is 23.7. The molecule has 1 fully saturated rings. The van der Waals surface area contributed by atoms with Gasteiger partial charge in [-0.2, -0.15) is 18.3 Å². The third-order valence-corrected chi connectivity index (χ3v) is 6.18. The second kappa shape index (κ2) is 10.5. The minimum atomic E-state index is -4.39. The fourth-order valence-electron chi connectivity index (χ4n) is 4.54. The predicted molar refractivity (Wildman–Crippen MR) is 127 cm³/mol. The first-order chi connectivity index (χ1) is 16.7. The predicted octanol–water partition coefficient (Wildman–Crippen LogP) is 5.45. The molecule has 2 N–H and O–H groups in total. The molecule has 0 spiro atoms. The van der Waals surface area contributed by atoms with Gasteiger partial charge in [-0.05, 0) is 63.3 Å². The molecule has 0 saturated carbocycles. The Balaban J connectivity index is 1.42. The van der Waals surface area contributed by atoms with Crippen molar-refractivity contribution in [3.8, 4) is 11.1 Å². The van der Waals surface area contributed by atoms with Gasteiger partial charge >= 0.3 is 6.18 Å². The van der Waals surface area contributed by atoms with Gasteiger partial charge in [-0.25, -0.2) is 9.97 Å². The van der Waals surface area contributed by atoms with E-state index in [1.807, 2.05) is 24.8 Å². The minimum absolute atomic E-state index is 0.0470. The van der Waals surface area contributed by atoms with E-state index in [-0.39, 0.29) is 11.9 Å². The van der Waals surface area contributed by atoms with Crippen LogP contribution in [0.1, 0.15) is 60.8 Å². The van der Waals surface area contributed by atoms with Crippen LogP contribution in [0.3, 0.4) is 0 Å². The van der Waals surface area contributed by atoms with E-state index in [2.05, 4.69) is 25.5 Å². The van der Waals surface area contributed by atoms with E-state index in [9.17, 15) is 18.0 Å². The van der Waals surface area contributed by atoms with Gasteiger partial charge in [0.1, 0.15) is 0 Å². The number of piperidine rings is 1. The number of hydrogen-bond acceptors (Lipinski definition) is 5. The highest BCUT2D eigenvalue weighted by Gasteiger charge is 2.32. The maximum atomic E-state index is 13.1. The van der Waals surface area contributed by atoms with Crippen molar-refractivity contribution in [1.82, 2.24) is 25.1 Å². The molecule has 0 radical (unpaired) electrons. The number of nitrogens with zero attached hydrogens (tertiary/aromatic N) is 4. The van der Waals surface area contributed by atoms with E-state index in [0.717, 1.165) is 54.0 Å². The zero-order valence-electron chi connectivity index (χ0n) is 19.8. The summed E-state index contributed by atoms with van der Waals surface area (Å²) in [6.45, 7) is 5.04. The Hall–Kier alpha value is -3.43. The molecule has 1 atom stereocenters. The molecule has 3 aromatic rings. The van der Waals surface area contributed by atoms with E-state index >= 15 is 0 Å². The van der Waals surface area contributed by atoms with Crippen LogP contribution in [0.15, 0.2) is 36.5 Å². The molecule has 1 aliphatic heterocycles. The molecule has 186 valence electrons. The lowest BCUT2D eigenvalue weighted by Crippen LogP contribution is -2.39. The van der Waals surface area contributed by atoms with Crippen molar-refractivity contribution in [3.63, 3.8) is 0 Å². The van der Waals surface area contributed by atoms with E-state index in [1.54, 1.807) is 6.20 Å². The molecule has 0 unspecified atom stereocenters. The Morgan fingerprint density at radius 3 is 2.54 bits per heavy atom. The molecule has 1 saturated heterocycles. The monoisotopic (exact) mass is 486 g/mol. The van der Waals surface area contributed by atoms with Crippen LogP contribution in [0.25, 0.3) is 11.1 Å². The Bertz CT molecular complexity index is 1140. The summed E-state index contributed by atoms with van der Waals surface area (Å²) in [7, 11) is 0. The average molecular weight is 487 g/mol. The standard InChI is InChI=1S/C25H29F3N6O/c1-16-14-17(2)32-24(31-16)29-12-5-7-22(35)34-13-4-3-6-21(34)23-20(15-30-33-23)18-8-10-19(11-9-18)25(26,27)28/h8-11,14-15,21H,3-7,12-13H2,1-2H3,(H,30,33)(H,29,31,32)/t21-/m1/s1. The van der Waals surface area contributed by atoms with Crippen molar-refractivity contribution in [3.05, 3.63) is 59.2 Å². The number of carbonyl (C=O) groups is 1. The zero-order valence-corrected chi connectivity index (χ0v) is 19.8. The SMILES string of the molecule is Cc1cc(C)nc(NCCCC(=O)N2CCCC[C@@H]2c2[nH]ncc2-c2ccc(C(F)(F)F)cc2)n1. The number of alkyl halides is 3. The summed E-state index contributed by atoms with van der Waals surface area (Å²) in [5, 5.41) is 10.3. The number of H-pyrrole nitrogens is 1. The number of benzene rings is 1. The van der Waals surface area contributed by atoms with Crippen LogP contribution in [0.5, 0.6) is 0 Å². The molecule has 3 heterocycles. The Labute approximate surface area is 202 Å². The van der Waals surface area contributed by atoms with Crippen LogP contribution in [0, 0.1) is 13.8 Å². The van der Waals surface area contributed by atoms with E-state index in [1.165, 1.54) is 12.1 Å². The first-order valence-electron chi connectivity index (χ1n) is 11.8. The Kier molecular flexibility index (Phi) is 7.37. The van der Waals surface area contributed by atoms with E-state index < -0.39 is 11.7 Å². The molecule has 4 rings (SSSR count). The molecular formula is C25H29F3N6O. The molecule has 7 nitrogen and oxygen atoms in total. The largest absolute Gasteiger partial charge is 0.416 e. The van der Waals surface area contributed by atoms with Crippen molar-refractivity contribution in [2.75, 3.05) is 18.4 Å². The summed E-state index contributed by atoms with van der Waals surface area (Å²) in [6.07, 6.45) is 0.889. The van der Waals surface area contributed by atoms with Gasteiger partial charge in [-0.3, -0.25) is 9.89 Å². The van der Waals surface area contributed by atoms with Gasteiger partial charge in [0.15, 0.2) is 0 Å². The number of aryl methyl sites for hydroxylation is 2. The van der Waals surface area contributed by atoms with Gasteiger partial charge in [-0.15, -0.1) is 0 Å². The lowest BCUT2D eigenvalue weighted by Gasteiger charge is -2.36. The molecule has 1 amide bonds. The number of hydrogen-bond donors (Lipinski definition) is 2. The normalized spacial score (nSPS) is 16.4. The summed E-state index contributed by atoms with van der Waals surface area (Å²) in [5.74, 6) is 0.607. The third-order valence-electron chi connectivity index (χ3n) is 6.18. The fourth-order valence-corrected chi connectivity index (χ4v) is 4.54. The number of aromatic amines is 1. The van der Waals surface area contributed by atoms with Gasteiger partial charge in [0, 0.05) is 36.5 Å². The summed E-state index contributed by atoms with van der Waals surface area (Å²) in [6, 6.07) is 6.76. The minimum Gasteiger partial charge on any atom is -0.354 e. The van der Waals surface area contributed by atoms with Gasteiger partial charge < -0.3 is 10.2 Å². The number of amides is 1. The van der Waals surface area contributed by atoms with Crippen LogP contribution in [0.4, 0.5) is 19.1 Å². The Morgan fingerprint density at radius 2 is 1.86 bits per heavy atom. The van der Waals surface area contributed by atoms with Gasteiger partial charge in [-0.1, -0.05) is 12.1 Å². The Morgan fingerprint density at radius 1 is 1.14 bits per heavy atom. The first kappa shape index (κ1) is 24.7. The highest BCUT2D eigenvalue weighted by Crippen LogP contribution is 2.37. The molecule has 1 aliphatic rings. The molecule has 35 heavy (non-hydrogen) atoms. The number of nitrogens with one attached hydrogen (secondary N) is 2. The second-order valence-corrected chi connectivity index (χ2v) is 8.88. The zero-order chi connectivity index (χ0) is 25.0. The molecule has 2 aromatic heterocycles. The molecule has 1 aromatic carbocycles. The van der Waals surface area contributed by atoms with Crippen LogP contribution in [-0.4, -0.2) is 44.1 Å². The number of rotatable bonds is 7.